The summed E-state index contributed by atoms with van der Waals surface area (Å²) in [6, 6.07) is 5.94. The van der Waals surface area contributed by atoms with Crippen molar-refractivity contribution in [2.24, 2.45) is 11.8 Å². The fourth-order valence-electron chi connectivity index (χ4n) is 2.86. The van der Waals surface area contributed by atoms with E-state index >= 15 is 0 Å². The van der Waals surface area contributed by atoms with Crippen molar-refractivity contribution in [3.63, 3.8) is 0 Å². The van der Waals surface area contributed by atoms with Gasteiger partial charge in [0.05, 0.1) is 10.8 Å². The molecule has 126 valence electrons. The lowest BCUT2D eigenvalue weighted by Crippen LogP contribution is -2.45. The number of carbonyl (C=O) groups is 2. The first-order valence-electron chi connectivity index (χ1n) is 7.62. The van der Waals surface area contributed by atoms with Crippen molar-refractivity contribution in [1.82, 2.24) is 4.31 Å². The molecular formula is C16H21NO5S. The summed E-state index contributed by atoms with van der Waals surface area (Å²) >= 11 is 0. The zero-order valence-electron chi connectivity index (χ0n) is 13.2. The third-order valence-electron chi connectivity index (χ3n) is 4.09. The van der Waals surface area contributed by atoms with E-state index in [1.54, 1.807) is 13.0 Å². The second-order valence-corrected chi connectivity index (χ2v) is 7.94. The maximum atomic E-state index is 12.8. The van der Waals surface area contributed by atoms with E-state index in [0.29, 0.717) is 18.4 Å². The topological polar surface area (TPSA) is 91.8 Å². The van der Waals surface area contributed by atoms with Crippen molar-refractivity contribution in [2.45, 2.75) is 31.6 Å². The van der Waals surface area contributed by atoms with E-state index in [0.717, 1.165) is 0 Å². The van der Waals surface area contributed by atoms with E-state index in [2.05, 4.69) is 0 Å². The highest BCUT2D eigenvalue weighted by Crippen LogP contribution is 2.27. The van der Waals surface area contributed by atoms with Crippen LogP contribution in [-0.2, 0) is 14.8 Å². The molecule has 1 aromatic rings. The van der Waals surface area contributed by atoms with Gasteiger partial charge in [0.2, 0.25) is 10.0 Å². The summed E-state index contributed by atoms with van der Waals surface area (Å²) in [5, 5.41) is 9.19. The Balaban J connectivity index is 2.34. The Hall–Kier alpha value is -1.73. The Kier molecular flexibility index (Phi) is 5.21. The van der Waals surface area contributed by atoms with Crippen LogP contribution in [0.4, 0.5) is 0 Å². The minimum atomic E-state index is -3.81. The summed E-state index contributed by atoms with van der Waals surface area (Å²) < 4.78 is 26.8. The summed E-state index contributed by atoms with van der Waals surface area (Å²) in [4.78, 5) is 23.0. The van der Waals surface area contributed by atoms with Crippen LogP contribution in [0.15, 0.2) is 29.2 Å². The molecule has 0 spiro atoms. The van der Waals surface area contributed by atoms with Gasteiger partial charge in [-0.15, -0.1) is 0 Å². The molecule has 0 aromatic heterocycles. The van der Waals surface area contributed by atoms with Gasteiger partial charge in [0.25, 0.3) is 0 Å². The largest absolute Gasteiger partial charge is 0.481 e. The molecule has 2 unspecified atom stereocenters. The summed E-state index contributed by atoms with van der Waals surface area (Å²) in [5.41, 5.74) is 0.355. The Morgan fingerprint density at radius 2 is 2.00 bits per heavy atom. The lowest BCUT2D eigenvalue weighted by atomic mass is 9.92. The third-order valence-corrected chi connectivity index (χ3v) is 5.92. The molecule has 23 heavy (non-hydrogen) atoms. The Morgan fingerprint density at radius 3 is 2.61 bits per heavy atom. The fourth-order valence-corrected chi connectivity index (χ4v) is 4.51. The first-order chi connectivity index (χ1) is 10.8. The number of sulfonamides is 1. The van der Waals surface area contributed by atoms with Crippen molar-refractivity contribution in [1.29, 1.82) is 0 Å². The highest BCUT2D eigenvalue weighted by molar-refractivity contribution is 7.89. The minimum Gasteiger partial charge on any atom is -0.481 e. The number of carbonyl (C=O) groups excluding carboxylic acids is 1. The van der Waals surface area contributed by atoms with Gasteiger partial charge in [-0.1, -0.05) is 26.0 Å². The number of carboxylic acid groups (broad SMARTS) is 1. The van der Waals surface area contributed by atoms with Gasteiger partial charge in [0.1, 0.15) is 0 Å². The van der Waals surface area contributed by atoms with E-state index in [1.165, 1.54) is 22.5 Å². The summed E-state index contributed by atoms with van der Waals surface area (Å²) in [6.07, 6.45) is 0.765. The Bertz CT molecular complexity index is 713. The van der Waals surface area contributed by atoms with Gasteiger partial charge in [0.15, 0.2) is 5.78 Å². The molecule has 1 saturated heterocycles. The molecule has 1 heterocycles. The molecule has 6 nitrogen and oxygen atoms in total. The zero-order valence-corrected chi connectivity index (χ0v) is 14.0. The lowest BCUT2D eigenvalue weighted by molar-refractivity contribution is -0.143. The fraction of sp³-hybridized carbons (Fsp3) is 0.500. The predicted octanol–water partition coefficient (Wildman–Crippen LogP) is 2.01. The van der Waals surface area contributed by atoms with Gasteiger partial charge in [-0.25, -0.2) is 8.42 Å². The van der Waals surface area contributed by atoms with Crippen LogP contribution in [0.25, 0.3) is 0 Å². The molecule has 0 bridgehead atoms. The normalized spacial score (nSPS) is 22.7. The molecule has 0 amide bonds. The van der Waals surface area contributed by atoms with Gasteiger partial charge < -0.3 is 5.11 Å². The molecule has 1 aromatic carbocycles. The van der Waals surface area contributed by atoms with Gasteiger partial charge in [-0.05, 0) is 24.5 Å². The number of rotatable bonds is 5. The van der Waals surface area contributed by atoms with Crippen LogP contribution in [0, 0.1) is 11.8 Å². The SMILES string of the molecule is CCC(=O)c1cccc(S(=O)(=O)N2CC(C)CC(C(=O)O)C2)c1. The molecule has 2 atom stereocenters. The monoisotopic (exact) mass is 339 g/mol. The van der Waals surface area contributed by atoms with Crippen LogP contribution >= 0.6 is 0 Å². The van der Waals surface area contributed by atoms with Gasteiger partial charge in [0, 0.05) is 25.1 Å². The van der Waals surface area contributed by atoms with Crippen molar-refractivity contribution in [3.05, 3.63) is 29.8 Å². The second-order valence-electron chi connectivity index (χ2n) is 6.00. The standard InChI is InChI=1S/C16H21NO5S/c1-3-15(18)12-5-4-6-14(8-12)23(21,22)17-9-11(2)7-13(10-17)16(19)20/h4-6,8,11,13H,3,7,9-10H2,1-2H3,(H,19,20). The molecular weight excluding hydrogens is 318 g/mol. The molecule has 1 aliphatic rings. The van der Waals surface area contributed by atoms with E-state index in [9.17, 15) is 23.1 Å². The van der Waals surface area contributed by atoms with E-state index in [4.69, 9.17) is 0 Å². The molecule has 1 N–H and O–H groups in total. The lowest BCUT2D eigenvalue weighted by Gasteiger charge is -2.33. The van der Waals surface area contributed by atoms with Crippen LogP contribution in [0.3, 0.4) is 0 Å². The number of ketones is 1. The number of Topliss-reactive ketones (excluding diaryl/α,β-unsaturated/α-hetero) is 1. The molecule has 7 heteroatoms. The number of piperidine rings is 1. The first kappa shape index (κ1) is 17.6. The smallest absolute Gasteiger partial charge is 0.307 e. The van der Waals surface area contributed by atoms with Crippen LogP contribution in [0.2, 0.25) is 0 Å². The number of benzene rings is 1. The summed E-state index contributed by atoms with van der Waals surface area (Å²) in [6.45, 7) is 3.81. The van der Waals surface area contributed by atoms with Crippen LogP contribution in [0.1, 0.15) is 37.0 Å². The van der Waals surface area contributed by atoms with E-state index in [-0.39, 0.29) is 29.7 Å². The van der Waals surface area contributed by atoms with E-state index < -0.39 is 21.9 Å². The average Bonchev–Trinajstić information content (AvgIpc) is 2.53. The van der Waals surface area contributed by atoms with Crippen LogP contribution in [0.5, 0.6) is 0 Å². The maximum absolute atomic E-state index is 12.8. The number of nitrogens with zero attached hydrogens (tertiary/aromatic N) is 1. The number of hydrogen-bond acceptors (Lipinski definition) is 4. The van der Waals surface area contributed by atoms with Gasteiger partial charge in [-0.3, -0.25) is 9.59 Å². The second kappa shape index (κ2) is 6.80. The average molecular weight is 339 g/mol. The Morgan fingerprint density at radius 1 is 1.30 bits per heavy atom. The van der Waals surface area contributed by atoms with Gasteiger partial charge >= 0.3 is 5.97 Å². The van der Waals surface area contributed by atoms with Gasteiger partial charge in [-0.2, -0.15) is 4.31 Å². The molecule has 2 rings (SSSR count). The summed E-state index contributed by atoms with van der Waals surface area (Å²) in [5.74, 6) is -1.84. The molecule has 0 saturated carbocycles. The van der Waals surface area contributed by atoms with Crippen molar-refractivity contribution in [2.75, 3.05) is 13.1 Å². The highest BCUT2D eigenvalue weighted by atomic mass is 32.2. The van der Waals surface area contributed by atoms with Crippen LogP contribution < -0.4 is 0 Å². The minimum absolute atomic E-state index is 0.0277. The summed E-state index contributed by atoms with van der Waals surface area (Å²) in [7, 11) is -3.81. The number of hydrogen-bond donors (Lipinski definition) is 1. The first-order valence-corrected chi connectivity index (χ1v) is 9.06. The molecule has 0 aliphatic carbocycles. The highest BCUT2D eigenvalue weighted by Gasteiger charge is 2.36. The van der Waals surface area contributed by atoms with E-state index in [1.807, 2.05) is 6.92 Å². The Labute approximate surface area is 136 Å². The van der Waals surface area contributed by atoms with Crippen molar-refractivity contribution < 1.29 is 23.1 Å². The van der Waals surface area contributed by atoms with Crippen molar-refractivity contribution in [3.8, 4) is 0 Å². The third kappa shape index (κ3) is 3.79. The molecule has 1 aliphatic heterocycles. The number of aliphatic carboxylic acids is 1. The van der Waals surface area contributed by atoms with Crippen LogP contribution in [-0.4, -0.2) is 42.7 Å². The quantitative estimate of drug-likeness (QED) is 0.829. The number of carboxylic acids is 1. The predicted molar refractivity (Wildman–Crippen MR) is 84.7 cm³/mol. The maximum Gasteiger partial charge on any atom is 0.307 e. The van der Waals surface area contributed by atoms with Crippen molar-refractivity contribution >= 4 is 21.8 Å². The zero-order chi connectivity index (χ0) is 17.2. The molecule has 1 fully saturated rings. The molecule has 0 radical (unpaired) electrons.